The fraction of sp³-hybridized carbons (Fsp3) is 0.0667. The molecule has 0 aliphatic carbocycles. The lowest BCUT2D eigenvalue weighted by molar-refractivity contribution is 0.603. The van der Waals surface area contributed by atoms with Gasteiger partial charge in [-0.15, -0.1) is 0 Å². The molecule has 2 rings (SSSR count). The Labute approximate surface area is 148 Å². The molecule has 0 aromatic heterocycles. The van der Waals surface area contributed by atoms with E-state index in [1.165, 1.54) is 13.1 Å². The molecule has 2 aromatic carbocycles. The van der Waals surface area contributed by atoms with Crippen molar-refractivity contribution in [2.24, 2.45) is 0 Å². The van der Waals surface area contributed by atoms with Crippen molar-refractivity contribution in [2.45, 2.75) is 0 Å². The number of rotatable bonds is 4. The lowest BCUT2D eigenvalue weighted by Gasteiger charge is -2.18. The van der Waals surface area contributed by atoms with Crippen LogP contribution in [-0.4, -0.2) is 15.5 Å². The summed E-state index contributed by atoms with van der Waals surface area (Å²) in [5.74, 6) is 0. The maximum Gasteiger partial charge on any atom is 0.257 e. The molecule has 0 N–H and O–H groups in total. The van der Waals surface area contributed by atoms with E-state index in [-0.39, 0.29) is 0 Å². The van der Waals surface area contributed by atoms with E-state index in [1.54, 1.807) is 42.5 Å². The van der Waals surface area contributed by atoms with Crippen molar-refractivity contribution in [3.05, 3.63) is 68.0 Å². The minimum absolute atomic E-state index is 0.348. The maximum atomic E-state index is 12.4. The van der Waals surface area contributed by atoms with Crippen LogP contribution in [0.5, 0.6) is 0 Å². The van der Waals surface area contributed by atoms with E-state index in [4.69, 9.17) is 23.2 Å². The Morgan fingerprint density at radius 2 is 1.73 bits per heavy atom. The average molecular weight is 421 g/mol. The van der Waals surface area contributed by atoms with Crippen LogP contribution in [0, 0.1) is 0 Å². The van der Waals surface area contributed by atoms with Crippen LogP contribution in [0.15, 0.2) is 52.3 Å². The molecule has 2 aromatic rings. The van der Waals surface area contributed by atoms with Crippen molar-refractivity contribution in [3.8, 4) is 0 Å². The predicted octanol–water partition coefficient (Wildman–Crippen LogP) is 5.19. The third-order valence-corrected chi connectivity index (χ3v) is 5.42. The van der Waals surface area contributed by atoms with Gasteiger partial charge in [-0.25, -0.2) is 8.42 Å². The molecule has 0 bridgehead atoms. The maximum absolute atomic E-state index is 12.4. The highest BCUT2D eigenvalue weighted by atomic mass is 79.9. The Morgan fingerprint density at radius 3 is 2.32 bits per heavy atom. The van der Waals surface area contributed by atoms with Crippen molar-refractivity contribution >= 4 is 60.9 Å². The van der Waals surface area contributed by atoms with Gasteiger partial charge in [0.2, 0.25) is 0 Å². The predicted molar refractivity (Wildman–Crippen MR) is 97.0 cm³/mol. The second-order valence-corrected chi connectivity index (χ2v) is 8.07. The van der Waals surface area contributed by atoms with Gasteiger partial charge in [0.15, 0.2) is 0 Å². The lowest BCUT2D eigenvalue weighted by atomic mass is 10.2. The number of anilines is 1. The molecule has 0 unspecified atom stereocenters. The largest absolute Gasteiger partial charge is 0.268 e. The van der Waals surface area contributed by atoms with Gasteiger partial charge < -0.3 is 0 Å². The Bertz CT molecular complexity index is 805. The quantitative estimate of drug-likeness (QED) is 0.682. The molecule has 0 spiro atoms. The first-order chi connectivity index (χ1) is 10.3. The van der Waals surface area contributed by atoms with Crippen LogP contribution in [-0.2, 0) is 10.0 Å². The number of halogens is 3. The van der Waals surface area contributed by atoms with Gasteiger partial charge in [0.25, 0.3) is 10.0 Å². The zero-order valence-electron chi connectivity index (χ0n) is 11.5. The second kappa shape index (κ2) is 7.04. The molecule has 0 saturated carbocycles. The number of sulfonamides is 1. The molecule has 0 radical (unpaired) electrons. The molecule has 3 nitrogen and oxygen atoms in total. The van der Waals surface area contributed by atoms with Gasteiger partial charge in [-0.05, 0) is 42.0 Å². The van der Waals surface area contributed by atoms with Crippen molar-refractivity contribution in [3.63, 3.8) is 0 Å². The summed E-state index contributed by atoms with van der Waals surface area (Å²) >= 11 is 15.2. The molecule has 0 aliphatic rings. The van der Waals surface area contributed by atoms with Crippen LogP contribution >= 0.6 is 39.1 Å². The zero-order chi connectivity index (χ0) is 16.3. The molecule has 7 heteroatoms. The van der Waals surface area contributed by atoms with E-state index in [2.05, 4.69) is 15.9 Å². The van der Waals surface area contributed by atoms with E-state index < -0.39 is 10.0 Å². The van der Waals surface area contributed by atoms with Gasteiger partial charge in [-0.2, -0.15) is 0 Å². The van der Waals surface area contributed by atoms with Crippen molar-refractivity contribution in [1.82, 2.24) is 0 Å². The summed E-state index contributed by atoms with van der Waals surface area (Å²) in [4.78, 5) is 0. The van der Waals surface area contributed by atoms with Gasteiger partial charge in [0.05, 0.1) is 16.1 Å². The number of hydrogen-bond donors (Lipinski definition) is 0. The van der Waals surface area contributed by atoms with E-state index in [0.717, 1.165) is 19.7 Å². The molecule has 0 amide bonds. The molecule has 0 fully saturated rings. The Kier molecular flexibility index (Phi) is 5.55. The lowest BCUT2D eigenvalue weighted by Crippen LogP contribution is -2.24. The second-order valence-electron chi connectivity index (χ2n) is 4.46. The van der Waals surface area contributed by atoms with Gasteiger partial charge in [-0.1, -0.05) is 51.3 Å². The molecular formula is C15H12BrCl2NO2S. The summed E-state index contributed by atoms with van der Waals surface area (Å²) in [5, 5.41) is 2.08. The third kappa shape index (κ3) is 4.26. The first kappa shape index (κ1) is 17.3. The highest BCUT2D eigenvalue weighted by Crippen LogP contribution is 2.30. The summed E-state index contributed by atoms with van der Waals surface area (Å²) in [6, 6.07) is 11.9. The minimum atomic E-state index is -3.64. The number of hydrogen-bond acceptors (Lipinski definition) is 2. The SMILES string of the molecule is CN(c1ccc(Br)cc1Cl)S(=O)(=O)/C=C/c1ccc(Cl)cc1. The van der Waals surface area contributed by atoms with Crippen LogP contribution in [0.4, 0.5) is 5.69 Å². The van der Waals surface area contributed by atoms with Gasteiger partial charge in [0.1, 0.15) is 0 Å². The Hall–Kier alpha value is -1.01. The molecule has 0 heterocycles. The van der Waals surface area contributed by atoms with E-state index in [1.807, 2.05) is 0 Å². The molecule has 116 valence electrons. The normalized spacial score (nSPS) is 11.8. The molecule has 0 aliphatic heterocycles. The van der Waals surface area contributed by atoms with Crippen LogP contribution in [0.3, 0.4) is 0 Å². The van der Waals surface area contributed by atoms with Crippen LogP contribution in [0.25, 0.3) is 6.08 Å². The van der Waals surface area contributed by atoms with Gasteiger partial charge in [-0.3, -0.25) is 4.31 Å². The van der Waals surface area contributed by atoms with Gasteiger partial charge in [0, 0.05) is 16.5 Å². The van der Waals surface area contributed by atoms with E-state index >= 15 is 0 Å². The fourth-order valence-corrected chi connectivity index (χ4v) is 3.62. The van der Waals surface area contributed by atoms with Crippen molar-refractivity contribution in [1.29, 1.82) is 0 Å². The van der Waals surface area contributed by atoms with Gasteiger partial charge >= 0.3 is 0 Å². The molecule has 22 heavy (non-hydrogen) atoms. The van der Waals surface area contributed by atoms with Crippen molar-refractivity contribution in [2.75, 3.05) is 11.4 Å². The zero-order valence-corrected chi connectivity index (χ0v) is 15.4. The monoisotopic (exact) mass is 419 g/mol. The standard InChI is InChI=1S/C15H12BrCl2NO2S/c1-19(15-7-4-12(16)10-14(15)18)22(20,21)9-8-11-2-5-13(17)6-3-11/h2-10H,1H3/b9-8+. The van der Waals surface area contributed by atoms with Crippen LogP contribution < -0.4 is 4.31 Å². The highest BCUT2D eigenvalue weighted by Gasteiger charge is 2.17. The third-order valence-electron chi connectivity index (χ3n) is 2.93. The van der Waals surface area contributed by atoms with Crippen LogP contribution in [0.1, 0.15) is 5.56 Å². The average Bonchev–Trinajstić information content (AvgIpc) is 2.46. The van der Waals surface area contributed by atoms with Crippen LogP contribution in [0.2, 0.25) is 10.0 Å². The molecule has 0 atom stereocenters. The topological polar surface area (TPSA) is 37.4 Å². The first-order valence-corrected chi connectivity index (χ1v) is 9.22. The van der Waals surface area contributed by atoms with E-state index in [0.29, 0.717) is 15.7 Å². The fourth-order valence-electron chi connectivity index (χ4n) is 1.70. The Balaban J connectivity index is 2.27. The Morgan fingerprint density at radius 1 is 1.09 bits per heavy atom. The molecule has 0 saturated heterocycles. The summed E-state index contributed by atoms with van der Waals surface area (Å²) in [7, 11) is -2.18. The summed E-state index contributed by atoms with van der Waals surface area (Å²) in [5.41, 5.74) is 1.15. The minimum Gasteiger partial charge on any atom is -0.268 e. The number of nitrogens with zero attached hydrogens (tertiary/aromatic N) is 1. The summed E-state index contributed by atoms with van der Waals surface area (Å²) in [6.07, 6.45) is 1.51. The summed E-state index contributed by atoms with van der Waals surface area (Å²) in [6.45, 7) is 0. The molecular weight excluding hydrogens is 409 g/mol. The summed E-state index contributed by atoms with van der Waals surface area (Å²) < 4.78 is 26.6. The smallest absolute Gasteiger partial charge is 0.257 e. The van der Waals surface area contributed by atoms with Crippen molar-refractivity contribution < 1.29 is 8.42 Å². The first-order valence-electron chi connectivity index (χ1n) is 6.17. The highest BCUT2D eigenvalue weighted by molar-refractivity contribution is 9.10. The van der Waals surface area contributed by atoms with E-state index in [9.17, 15) is 8.42 Å². The number of benzene rings is 2.